The summed E-state index contributed by atoms with van der Waals surface area (Å²) < 4.78 is 5.11. The van der Waals surface area contributed by atoms with E-state index in [4.69, 9.17) is 15.6 Å². The van der Waals surface area contributed by atoms with Crippen molar-refractivity contribution in [3.05, 3.63) is 23.8 Å². The number of amides is 1. The molecule has 0 aliphatic rings. The number of nitrogens with two attached hydrogens (primary N) is 1. The van der Waals surface area contributed by atoms with Gasteiger partial charge in [-0.3, -0.25) is 4.79 Å². The van der Waals surface area contributed by atoms with Crippen LogP contribution in [-0.2, 0) is 4.74 Å². The lowest BCUT2D eigenvalue weighted by Crippen LogP contribution is -2.18. The molecule has 0 saturated heterocycles. The van der Waals surface area contributed by atoms with Gasteiger partial charge >= 0.3 is 0 Å². The van der Waals surface area contributed by atoms with Crippen LogP contribution < -0.4 is 16.4 Å². The second-order valence-corrected chi connectivity index (χ2v) is 3.64. The van der Waals surface area contributed by atoms with E-state index in [2.05, 4.69) is 10.6 Å². The fourth-order valence-electron chi connectivity index (χ4n) is 1.43. The van der Waals surface area contributed by atoms with E-state index in [0.717, 1.165) is 5.69 Å². The van der Waals surface area contributed by atoms with Crippen molar-refractivity contribution in [3.63, 3.8) is 0 Å². The van der Waals surface area contributed by atoms with Crippen molar-refractivity contribution in [1.29, 1.82) is 0 Å². The Balaban J connectivity index is 2.49. The molecule has 0 radical (unpaired) electrons. The van der Waals surface area contributed by atoms with Crippen molar-refractivity contribution in [2.75, 3.05) is 44.5 Å². The zero-order valence-electron chi connectivity index (χ0n) is 10.4. The van der Waals surface area contributed by atoms with E-state index in [1.54, 1.807) is 25.2 Å². The topological polar surface area (TPSA) is 96.6 Å². The van der Waals surface area contributed by atoms with Gasteiger partial charge in [0, 0.05) is 19.2 Å². The molecule has 0 aliphatic carbocycles. The van der Waals surface area contributed by atoms with Gasteiger partial charge in [-0.25, -0.2) is 0 Å². The minimum absolute atomic E-state index is 0.0168. The summed E-state index contributed by atoms with van der Waals surface area (Å²) in [4.78, 5) is 11.4. The van der Waals surface area contributed by atoms with Crippen LogP contribution in [0.5, 0.6) is 0 Å². The Kier molecular flexibility index (Phi) is 5.96. The summed E-state index contributed by atoms with van der Waals surface area (Å²) in [6.07, 6.45) is 0. The predicted octanol–water partition coefficient (Wildman–Crippen LogP) is 0.0492. The minimum atomic E-state index is -0.167. The maximum atomic E-state index is 11.4. The van der Waals surface area contributed by atoms with Crippen LogP contribution in [0.25, 0.3) is 0 Å². The van der Waals surface area contributed by atoms with Crippen LogP contribution in [0, 0.1) is 0 Å². The summed E-state index contributed by atoms with van der Waals surface area (Å²) in [6.45, 7) is 1.41. The molecule has 0 aliphatic heterocycles. The highest BCUT2D eigenvalue weighted by atomic mass is 16.5. The molecular weight excluding hydrogens is 234 g/mol. The largest absolute Gasteiger partial charge is 0.397 e. The molecule has 0 unspecified atom stereocenters. The van der Waals surface area contributed by atoms with Gasteiger partial charge in [0.15, 0.2) is 0 Å². The van der Waals surface area contributed by atoms with Gasteiger partial charge in [0.25, 0.3) is 5.91 Å². The summed E-state index contributed by atoms with van der Waals surface area (Å²) in [5, 5.41) is 14.2. The molecule has 0 spiro atoms. The van der Waals surface area contributed by atoms with Crippen LogP contribution >= 0.6 is 0 Å². The van der Waals surface area contributed by atoms with Gasteiger partial charge in [0.1, 0.15) is 0 Å². The number of ether oxygens (including phenoxy) is 1. The fraction of sp³-hybridized carbons (Fsp3) is 0.417. The Hall–Kier alpha value is -1.79. The maximum absolute atomic E-state index is 11.4. The summed E-state index contributed by atoms with van der Waals surface area (Å²) in [6, 6.07) is 5.08. The quantitative estimate of drug-likeness (QED) is 0.407. The molecule has 100 valence electrons. The van der Waals surface area contributed by atoms with Crippen molar-refractivity contribution in [1.82, 2.24) is 5.32 Å². The average Bonchev–Trinajstić information content (AvgIpc) is 2.39. The normalized spacial score (nSPS) is 10.1. The predicted molar refractivity (Wildman–Crippen MR) is 70.6 cm³/mol. The standard InChI is InChI=1S/C12H19N3O3/c1-14-12(17)9-2-3-11(10(13)8-9)15-4-6-18-7-5-16/h2-3,8,15-16H,4-7,13H2,1H3,(H,14,17). The number of hydrogen-bond acceptors (Lipinski definition) is 5. The van der Waals surface area contributed by atoms with Crippen molar-refractivity contribution >= 4 is 17.3 Å². The second kappa shape index (κ2) is 7.52. The number of nitrogens with one attached hydrogen (secondary N) is 2. The lowest BCUT2D eigenvalue weighted by molar-refractivity contribution is 0.0963. The Labute approximate surface area is 106 Å². The number of carbonyl (C=O) groups excluding carboxylic acids is 1. The van der Waals surface area contributed by atoms with Gasteiger partial charge in [0.2, 0.25) is 0 Å². The number of hydrogen-bond donors (Lipinski definition) is 4. The number of anilines is 2. The SMILES string of the molecule is CNC(=O)c1ccc(NCCOCCO)c(N)c1. The number of benzene rings is 1. The Morgan fingerprint density at radius 3 is 2.83 bits per heavy atom. The summed E-state index contributed by atoms with van der Waals surface area (Å²) in [7, 11) is 1.57. The first-order valence-corrected chi connectivity index (χ1v) is 5.73. The molecule has 6 heteroatoms. The van der Waals surface area contributed by atoms with Crippen molar-refractivity contribution in [2.45, 2.75) is 0 Å². The molecule has 6 nitrogen and oxygen atoms in total. The van der Waals surface area contributed by atoms with Crippen LogP contribution in [-0.4, -0.2) is 44.4 Å². The molecule has 1 amide bonds. The van der Waals surface area contributed by atoms with Crippen LogP contribution in [0.15, 0.2) is 18.2 Å². The lowest BCUT2D eigenvalue weighted by Gasteiger charge is -2.10. The van der Waals surface area contributed by atoms with Gasteiger partial charge in [-0.2, -0.15) is 0 Å². The zero-order valence-corrected chi connectivity index (χ0v) is 10.4. The third-order valence-corrected chi connectivity index (χ3v) is 2.34. The Bertz CT molecular complexity index is 396. The van der Waals surface area contributed by atoms with E-state index in [-0.39, 0.29) is 12.5 Å². The smallest absolute Gasteiger partial charge is 0.251 e. The molecule has 0 saturated carbocycles. The van der Waals surface area contributed by atoms with E-state index >= 15 is 0 Å². The Morgan fingerprint density at radius 2 is 2.22 bits per heavy atom. The molecule has 5 N–H and O–H groups in total. The second-order valence-electron chi connectivity index (χ2n) is 3.64. The van der Waals surface area contributed by atoms with E-state index < -0.39 is 0 Å². The van der Waals surface area contributed by atoms with Crippen molar-refractivity contribution < 1.29 is 14.6 Å². The first kappa shape index (κ1) is 14.3. The Morgan fingerprint density at radius 1 is 1.44 bits per heavy atom. The summed E-state index contributed by atoms with van der Waals surface area (Å²) in [5.74, 6) is -0.167. The number of aliphatic hydroxyl groups is 1. The van der Waals surface area contributed by atoms with E-state index in [1.807, 2.05) is 0 Å². The van der Waals surface area contributed by atoms with Crippen molar-refractivity contribution in [3.8, 4) is 0 Å². The molecule has 1 aromatic carbocycles. The highest BCUT2D eigenvalue weighted by Gasteiger charge is 2.05. The lowest BCUT2D eigenvalue weighted by atomic mass is 10.1. The highest BCUT2D eigenvalue weighted by molar-refractivity contribution is 5.95. The first-order valence-electron chi connectivity index (χ1n) is 5.73. The highest BCUT2D eigenvalue weighted by Crippen LogP contribution is 2.19. The van der Waals surface area contributed by atoms with Crippen LogP contribution in [0.3, 0.4) is 0 Å². The number of rotatable bonds is 7. The molecule has 0 atom stereocenters. The van der Waals surface area contributed by atoms with Crippen LogP contribution in [0.2, 0.25) is 0 Å². The third-order valence-electron chi connectivity index (χ3n) is 2.34. The molecule has 0 bridgehead atoms. The van der Waals surface area contributed by atoms with Crippen LogP contribution in [0.1, 0.15) is 10.4 Å². The number of aliphatic hydroxyl groups excluding tert-OH is 1. The van der Waals surface area contributed by atoms with Gasteiger partial charge in [-0.1, -0.05) is 0 Å². The molecule has 0 aromatic heterocycles. The number of carbonyl (C=O) groups is 1. The summed E-state index contributed by atoms with van der Waals surface area (Å²) >= 11 is 0. The zero-order chi connectivity index (χ0) is 13.4. The van der Waals surface area contributed by atoms with Gasteiger partial charge in [-0.05, 0) is 18.2 Å². The molecule has 18 heavy (non-hydrogen) atoms. The first-order chi connectivity index (χ1) is 8.69. The monoisotopic (exact) mass is 253 g/mol. The minimum Gasteiger partial charge on any atom is -0.397 e. The molecule has 0 heterocycles. The maximum Gasteiger partial charge on any atom is 0.251 e. The van der Waals surface area contributed by atoms with Gasteiger partial charge in [0.05, 0.1) is 31.2 Å². The molecule has 0 fully saturated rings. The number of nitrogen functional groups attached to an aromatic ring is 1. The average molecular weight is 253 g/mol. The van der Waals surface area contributed by atoms with Gasteiger partial charge in [-0.15, -0.1) is 0 Å². The third kappa shape index (κ3) is 4.23. The fourth-order valence-corrected chi connectivity index (χ4v) is 1.43. The van der Waals surface area contributed by atoms with Crippen molar-refractivity contribution in [2.24, 2.45) is 0 Å². The summed E-state index contributed by atoms with van der Waals surface area (Å²) in [5.41, 5.74) is 7.63. The van der Waals surface area contributed by atoms with E-state index in [1.165, 1.54) is 0 Å². The van der Waals surface area contributed by atoms with Gasteiger partial charge < -0.3 is 26.2 Å². The molecule has 1 rings (SSSR count). The van der Waals surface area contributed by atoms with E-state index in [0.29, 0.717) is 31.0 Å². The molecule has 1 aromatic rings. The van der Waals surface area contributed by atoms with Crippen LogP contribution in [0.4, 0.5) is 11.4 Å². The van der Waals surface area contributed by atoms with E-state index in [9.17, 15) is 4.79 Å². The molecular formula is C12H19N3O3.